The Bertz CT molecular complexity index is 503. The quantitative estimate of drug-likeness (QED) is 0.539. The standard InChI is InChI=1S/C11H12N2O6/c14-9(15)3-6-1-2-12-13-8(5-11(18)19)7(6)4-10(16)17/h1-2,13H,3-5H2,(H,14,15)(H,16,17)(H,18,19). The lowest BCUT2D eigenvalue weighted by Crippen LogP contribution is -2.15. The Labute approximate surface area is 107 Å². The third-order valence-corrected chi connectivity index (χ3v) is 2.30. The molecule has 0 aromatic rings. The number of hydrogen-bond donors (Lipinski definition) is 4. The van der Waals surface area contributed by atoms with E-state index in [1.165, 1.54) is 12.3 Å². The summed E-state index contributed by atoms with van der Waals surface area (Å²) >= 11 is 0. The maximum Gasteiger partial charge on any atom is 0.309 e. The second-order valence-electron chi connectivity index (χ2n) is 3.75. The molecule has 102 valence electrons. The normalized spacial score (nSPS) is 14.4. The minimum atomic E-state index is -1.18. The highest BCUT2D eigenvalue weighted by atomic mass is 16.4. The molecular formula is C11H12N2O6. The maximum absolute atomic E-state index is 10.8. The van der Waals surface area contributed by atoms with E-state index in [1.54, 1.807) is 0 Å². The summed E-state index contributed by atoms with van der Waals surface area (Å²) in [6.45, 7) is 0. The van der Waals surface area contributed by atoms with Gasteiger partial charge in [-0.25, -0.2) is 0 Å². The number of hydrazone groups is 1. The molecule has 0 saturated heterocycles. The lowest BCUT2D eigenvalue weighted by Gasteiger charge is -2.12. The van der Waals surface area contributed by atoms with E-state index in [2.05, 4.69) is 10.5 Å². The Hall–Kier alpha value is -2.64. The number of carboxylic acid groups (broad SMARTS) is 3. The van der Waals surface area contributed by atoms with Gasteiger partial charge in [0, 0.05) is 11.9 Å². The van der Waals surface area contributed by atoms with Crippen LogP contribution in [0.4, 0.5) is 0 Å². The summed E-state index contributed by atoms with van der Waals surface area (Å²) in [4.78, 5) is 32.3. The molecule has 0 unspecified atom stereocenters. The van der Waals surface area contributed by atoms with Gasteiger partial charge in [0.15, 0.2) is 0 Å². The Kier molecular flexibility index (Phi) is 4.81. The minimum absolute atomic E-state index is 0.0798. The first-order chi connectivity index (χ1) is 8.90. The summed E-state index contributed by atoms with van der Waals surface area (Å²) in [5.74, 6) is -3.49. The van der Waals surface area contributed by atoms with Crippen LogP contribution in [0.5, 0.6) is 0 Å². The molecule has 8 nitrogen and oxygen atoms in total. The number of nitrogens with one attached hydrogen (secondary N) is 1. The number of carboxylic acids is 3. The van der Waals surface area contributed by atoms with Crippen LogP contribution in [-0.4, -0.2) is 39.4 Å². The van der Waals surface area contributed by atoms with E-state index in [1.807, 2.05) is 0 Å². The van der Waals surface area contributed by atoms with Crippen LogP contribution in [0, 0.1) is 0 Å². The molecule has 0 aromatic heterocycles. The Morgan fingerprint density at radius 2 is 1.58 bits per heavy atom. The number of nitrogens with zero attached hydrogens (tertiary/aromatic N) is 1. The number of hydrogen-bond acceptors (Lipinski definition) is 5. The van der Waals surface area contributed by atoms with Gasteiger partial charge in [-0.05, 0) is 17.2 Å². The van der Waals surface area contributed by atoms with E-state index in [0.29, 0.717) is 0 Å². The fourth-order valence-corrected chi connectivity index (χ4v) is 1.60. The first-order valence-electron chi connectivity index (χ1n) is 5.26. The zero-order valence-corrected chi connectivity index (χ0v) is 9.79. The smallest absolute Gasteiger partial charge is 0.309 e. The summed E-state index contributed by atoms with van der Waals surface area (Å²) in [6, 6.07) is 0. The maximum atomic E-state index is 10.8. The van der Waals surface area contributed by atoms with Crippen molar-refractivity contribution >= 4 is 24.1 Å². The minimum Gasteiger partial charge on any atom is -0.481 e. The van der Waals surface area contributed by atoms with Crippen molar-refractivity contribution < 1.29 is 29.7 Å². The lowest BCUT2D eigenvalue weighted by molar-refractivity contribution is -0.138. The molecule has 0 aromatic carbocycles. The zero-order valence-electron chi connectivity index (χ0n) is 9.79. The molecule has 0 atom stereocenters. The van der Waals surface area contributed by atoms with Gasteiger partial charge < -0.3 is 15.3 Å². The van der Waals surface area contributed by atoms with Crippen LogP contribution in [0.15, 0.2) is 28.0 Å². The average Bonchev–Trinajstić information content (AvgIpc) is 2.42. The van der Waals surface area contributed by atoms with Gasteiger partial charge in [-0.2, -0.15) is 5.10 Å². The van der Waals surface area contributed by atoms with E-state index in [9.17, 15) is 14.4 Å². The van der Waals surface area contributed by atoms with E-state index in [-0.39, 0.29) is 16.8 Å². The highest BCUT2D eigenvalue weighted by molar-refractivity contribution is 5.83. The molecule has 1 heterocycles. The predicted molar refractivity (Wildman–Crippen MR) is 63.5 cm³/mol. The third-order valence-electron chi connectivity index (χ3n) is 2.30. The van der Waals surface area contributed by atoms with Gasteiger partial charge in [0.25, 0.3) is 0 Å². The Morgan fingerprint density at radius 3 is 2.11 bits per heavy atom. The van der Waals surface area contributed by atoms with Crippen LogP contribution in [0.1, 0.15) is 19.3 Å². The summed E-state index contributed by atoms with van der Waals surface area (Å²) in [5.41, 5.74) is 2.87. The number of rotatable bonds is 6. The molecular weight excluding hydrogens is 256 g/mol. The van der Waals surface area contributed by atoms with Gasteiger partial charge in [0.2, 0.25) is 0 Å². The molecule has 1 aliphatic heterocycles. The highest BCUT2D eigenvalue weighted by Gasteiger charge is 2.20. The molecule has 0 spiro atoms. The fourth-order valence-electron chi connectivity index (χ4n) is 1.60. The van der Waals surface area contributed by atoms with Crippen molar-refractivity contribution in [3.63, 3.8) is 0 Å². The van der Waals surface area contributed by atoms with Crippen molar-refractivity contribution in [3.05, 3.63) is 22.9 Å². The lowest BCUT2D eigenvalue weighted by atomic mass is 9.96. The first kappa shape index (κ1) is 14.4. The SMILES string of the molecule is O=C(O)CC1=CC=NNC(CC(=O)O)=C1CC(=O)O. The van der Waals surface area contributed by atoms with Gasteiger partial charge >= 0.3 is 17.9 Å². The van der Waals surface area contributed by atoms with Crippen molar-refractivity contribution in [2.45, 2.75) is 19.3 Å². The summed E-state index contributed by atoms with van der Waals surface area (Å²) < 4.78 is 0. The van der Waals surface area contributed by atoms with E-state index in [0.717, 1.165) is 0 Å². The number of allylic oxidation sites excluding steroid dienone is 1. The third kappa shape index (κ3) is 4.62. The van der Waals surface area contributed by atoms with Gasteiger partial charge in [0.1, 0.15) is 0 Å². The van der Waals surface area contributed by atoms with Crippen LogP contribution < -0.4 is 5.43 Å². The molecule has 8 heteroatoms. The average molecular weight is 268 g/mol. The summed E-state index contributed by atoms with van der Waals surface area (Å²) in [7, 11) is 0. The zero-order chi connectivity index (χ0) is 14.4. The van der Waals surface area contributed by atoms with Crippen molar-refractivity contribution in [2.24, 2.45) is 5.10 Å². The van der Waals surface area contributed by atoms with E-state index < -0.39 is 37.2 Å². The van der Waals surface area contributed by atoms with E-state index >= 15 is 0 Å². The molecule has 1 aliphatic rings. The summed E-state index contributed by atoms with van der Waals surface area (Å²) in [6.07, 6.45) is 1.28. The molecule has 0 bridgehead atoms. The number of carbonyl (C=O) groups is 3. The molecule has 0 saturated carbocycles. The van der Waals surface area contributed by atoms with Crippen LogP contribution in [0.3, 0.4) is 0 Å². The second kappa shape index (κ2) is 6.34. The van der Waals surface area contributed by atoms with Crippen LogP contribution in [0.25, 0.3) is 0 Å². The van der Waals surface area contributed by atoms with Crippen LogP contribution in [0.2, 0.25) is 0 Å². The molecule has 0 amide bonds. The second-order valence-corrected chi connectivity index (χ2v) is 3.75. The molecule has 0 fully saturated rings. The Balaban J connectivity index is 3.19. The fraction of sp³-hybridized carbons (Fsp3) is 0.273. The monoisotopic (exact) mass is 268 g/mol. The van der Waals surface area contributed by atoms with Gasteiger partial charge in [-0.1, -0.05) is 0 Å². The van der Waals surface area contributed by atoms with Gasteiger partial charge in [-0.3, -0.25) is 19.8 Å². The van der Waals surface area contributed by atoms with Gasteiger partial charge in [-0.15, -0.1) is 0 Å². The van der Waals surface area contributed by atoms with Crippen molar-refractivity contribution in [3.8, 4) is 0 Å². The first-order valence-corrected chi connectivity index (χ1v) is 5.26. The van der Waals surface area contributed by atoms with Crippen LogP contribution >= 0.6 is 0 Å². The van der Waals surface area contributed by atoms with E-state index in [4.69, 9.17) is 15.3 Å². The van der Waals surface area contributed by atoms with Crippen molar-refractivity contribution in [1.82, 2.24) is 5.43 Å². The summed E-state index contributed by atoms with van der Waals surface area (Å²) in [5, 5.41) is 30.1. The molecule has 4 N–H and O–H groups in total. The predicted octanol–water partition coefficient (Wildman–Crippen LogP) is 0.180. The van der Waals surface area contributed by atoms with Crippen LogP contribution in [-0.2, 0) is 14.4 Å². The van der Waals surface area contributed by atoms with Gasteiger partial charge in [0.05, 0.1) is 19.3 Å². The molecule has 0 radical (unpaired) electrons. The molecule has 19 heavy (non-hydrogen) atoms. The molecule has 0 aliphatic carbocycles. The van der Waals surface area contributed by atoms with Crippen molar-refractivity contribution in [1.29, 1.82) is 0 Å². The highest BCUT2D eigenvalue weighted by Crippen LogP contribution is 2.23. The van der Waals surface area contributed by atoms with Crippen molar-refractivity contribution in [2.75, 3.05) is 0 Å². The largest absolute Gasteiger partial charge is 0.481 e. The molecule has 1 rings (SSSR count). The number of aliphatic carboxylic acids is 3. The topological polar surface area (TPSA) is 136 Å². The Morgan fingerprint density at radius 1 is 1.00 bits per heavy atom.